The van der Waals surface area contributed by atoms with Crippen LogP contribution in [0.15, 0.2) is 30.6 Å². The Labute approximate surface area is 244 Å². The molecule has 2 heterocycles. The molecule has 0 fully saturated rings. The maximum absolute atomic E-state index is 12.0. The van der Waals surface area contributed by atoms with Gasteiger partial charge in [0.05, 0.1) is 5.56 Å². The Kier molecular flexibility index (Phi) is 13.5. The first kappa shape index (κ1) is 32.2. The number of unbranched alkanes of at least 4 members (excludes halogenated alkanes) is 15. The number of pyridine rings is 1. The van der Waals surface area contributed by atoms with Gasteiger partial charge in [0.2, 0.25) is 0 Å². The molecule has 1 unspecified atom stereocenters. The highest BCUT2D eigenvalue weighted by Gasteiger charge is 2.35. The van der Waals surface area contributed by atoms with Gasteiger partial charge in [-0.15, -0.1) is 0 Å². The lowest BCUT2D eigenvalue weighted by Gasteiger charge is -2.35. The van der Waals surface area contributed by atoms with E-state index in [1.807, 2.05) is 18.3 Å². The van der Waals surface area contributed by atoms with Gasteiger partial charge in [0.15, 0.2) is 0 Å². The SMILES string of the molecule is CCCCCCCCCCCCCCCCCCC(C)c1cc(OC(C)=O)c2c(c1)OC(C)(C)c1ccncc1-2. The highest BCUT2D eigenvalue weighted by atomic mass is 16.5. The van der Waals surface area contributed by atoms with Gasteiger partial charge in [-0.25, -0.2) is 0 Å². The summed E-state index contributed by atoms with van der Waals surface area (Å²) in [6, 6.07) is 6.18. The number of aromatic nitrogens is 1. The lowest BCUT2D eigenvalue weighted by atomic mass is 9.85. The molecule has 1 aromatic carbocycles. The van der Waals surface area contributed by atoms with E-state index < -0.39 is 5.60 Å². The van der Waals surface area contributed by atoms with E-state index in [1.165, 1.54) is 115 Å². The molecule has 222 valence electrons. The van der Waals surface area contributed by atoms with Gasteiger partial charge in [0, 0.05) is 30.4 Å². The van der Waals surface area contributed by atoms with Crippen LogP contribution < -0.4 is 9.47 Å². The molecule has 3 rings (SSSR count). The van der Waals surface area contributed by atoms with Crippen LogP contribution in [0.4, 0.5) is 0 Å². The topological polar surface area (TPSA) is 48.4 Å². The van der Waals surface area contributed by atoms with Crippen molar-refractivity contribution in [2.45, 2.75) is 155 Å². The van der Waals surface area contributed by atoms with Crippen molar-refractivity contribution in [3.05, 3.63) is 41.7 Å². The van der Waals surface area contributed by atoms with Gasteiger partial charge in [-0.05, 0) is 49.9 Å². The molecule has 4 nitrogen and oxygen atoms in total. The molecule has 1 aromatic heterocycles. The predicted octanol–water partition coefficient (Wildman–Crippen LogP) is 11.1. The minimum absolute atomic E-state index is 0.319. The molecule has 0 saturated heterocycles. The van der Waals surface area contributed by atoms with Crippen LogP contribution in [0, 0.1) is 0 Å². The summed E-state index contributed by atoms with van der Waals surface area (Å²) in [5, 5.41) is 0. The monoisotopic (exact) mass is 549 g/mol. The van der Waals surface area contributed by atoms with Gasteiger partial charge < -0.3 is 9.47 Å². The molecule has 0 aliphatic carbocycles. The van der Waals surface area contributed by atoms with Crippen LogP contribution in [-0.4, -0.2) is 11.0 Å². The van der Waals surface area contributed by atoms with Gasteiger partial charge in [-0.1, -0.05) is 117 Å². The Balaban J connectivity index is 1.39. The molecule has 1 atom stereocenters. The van der Waals surface area contributed by atoms with Crippen LogP contribution in [0.25, 0.3) is 11.1 Å². The lowest BCUT2D eigenvalue weighted by Crippen LogP contribution is -2.29. The minimum Gasteiger partial charge on any atom is -0.482 e. The van der Waals surface area contributed by atoms with Crippen molar-refractivity contribution < 1.29 is 14.3 Å². The average Bonchev–Trinajstić information content (AvgIpc) is 2.92. The van der Waals surface area contributed by atoms with Gasteiger partial charge in [-0.2, -0.15) is 0 Å². The zero-order valence-corrected chi connectivity index (χ0v) is 26.2. The first-order chi connectivity index (χ1) is 19.3. The Bertz CT molecular complexity index is 1040. The van der Waals surface area contributed by atoms with Crippen LogP contribution in [-0.2, 0) is 10.4 Å². The molecule has 1 aliphatic heterocycles. The molecule has 2 aromatic rings. The molecular weight excluding hydrogens is 494 g/mol. The zero-order valence-electron chi connectivity index (χ0n) is 26.2. The first-order valence-corrected chi connectivity index (χ1v) is 16.3. The molecule has 0 saturated carbocycles. The molecule has 4 heteroatoms. The average molecular weight is 550 g/mol. The van der Waals surface area contributed by atoms with E-state index in [9.17, 15) is 4.79 Å². The number of fused-ring (bicyclic) bond motifs is 3. The van der Waals surface area contributed by atoms with Crippen molar-refractivity contribution in [1.82, 2.24) is 4.98 Å². The zero-order chi connectivity index (χ0) is 28.8. The number of nitrogens with zero attached hydrogens (tertiary/aromatic N) is 1. The summed E-state index contributed by atoms with van der Waals surface area (Å²) >= 11 is 0. The predicted molar refractivity (Wildman–Crippen MR) is 167 cm³/mol. The summed E-state index contributed by atoms with van der Waals surface area (Å²) in [5.41, 5.74) is 3.54. The molecule has 0 amide bonds. The fourth-order valence-corrected chi connectivity index (χ4v) is 6.09. The highest BCUT2D eigenvalue weighted by molar-refractivity contribution is 5.84. The largest absolute Gasteiger partial charge is 0.482 e. The molecule has 0 radical (unpaired) electrons. The van der Waals surface area contributed by atoms with Gasteiger partial charge in [0.1, 0.15) is 17.1 Å². The van der Waals surface area contributed by atoms with Crippen molar-refractivity contribution in [3.63, 3.8) is 0 Å². The highest BCUT2D eigenvalue weighted by Crippen LogP contribution is 2.50. The van der Waals surface area contributed by atoms with E-state index in [0.29, 0.717) is 11.7 Å². The Hall–Kier alpha value is -2.36. The van der Waals surface area contributed by atoms with Crippen LogP contribution >= 0.6 is 0 Å². The Morgan fingerprint density at radius 3 is 1.98 bits per heavy atom. The number of carbonyl (C=O) groups excluding carboxylic acids is 1. The fraction of sp³-hybridized carbons (Fsp3) is 0.667. The third kappa shape index (κ3) is 9.93. The standard InChI is InChI=1S/C36H55NO3/c1-6-7-8-9-10-11-12-13-14-15-16-17-18-19-20-21-22-28(2)30-25-33(39-29(3)38)35-31-27-37-24-23-32(31)36(4,5)40-34(35)26-30/h23-28H,6-22H2,1-5H3. The number of carbonyl (C=O) groups is 1. The number of rotatable bonds is 19. The fourth-order valence-electron chi connectivity index (χ4n) is 6.09. The summed E-state index contributed by atoms with van der Waals surface area (Å²) in [6.07, 6.45) is 26.9. The van der Waals surface area contributed by atoms with Crippen LogP contribution in [0.3, 0.4) is 0 Å². The lowest BCUT2D eigenvalue weighted by molar-refractivity contribution is -0.131. The molecular formula is C36H55NO3. The number of esters is 1. The Morgan fingerprint density at radius 1 is 0.875 bits per heavy atom. The van der Waals surface area contributed by atoms with Crippen molar-refractivity contribution >= 4 is 5.97 Å². The first-order valence-electron chi connectivity index (χ1n) is 16.3. The number of hydrogen-bond donors (Lipinski definition) is 0. The summed E-state index contributed by atoms with van der Waals surface area (Å²) in [4.78, 5) is 16.3. The third-order valence-electron chi connectivity index (χ3n) is 8.51. The number of ether oxygens (including phenoxy) is 2. The second-order valence-corrected chi connectivity index (χ2v) is 12.5. The summed E-state index contributed by atoms with van der Waals surface area (Å²) in [5.74, 6) is 1.40. The van der Waals surface area contributed by atoms with Crippen molar-refractivity contribution in [3.8, 4) is 22.6 Å². The van der Waals surface area contributed by atoms with E-state index in [1.54, 1.807) is 6.20 Å². The maximum Gasteiger partial charge on any atom is 0.308 e. The maximum atomic E-state index is 12.0. The van der Waals surface area contributed by atoms with Crippen LogP contribution in [0.2, 0.25) is 0 Å². The normalized spacial score (nSPS) is 14.2. The summed E-state index contributed by atoms with van der Waals surface area (Å²) in [6.45, 7) is 10.2. The van der Waals surface area contributed by atoms with Gasteiger partial charge in [0.25, 0.3) is 0 Å². The van der Waals surface area contributed by atoms with Crippen LogP contribution in [0.5, 0.6) is 11.5 Å². The molecule has 1 aliphatic rings. The van der Waals surface area contributed by atoms with E-state index in [4.69, 9.17) is 9.47 Å². The Morgan fingerprint density at radius 2 is 1.43 bits per heavy atom. The second kappa shape index (κ2) is 16.8. The second-order valence-electron chi connectivity index (χ2n) is 12.5. The third-order valence-corrected chi connectivity index (χ3v) is 8.51. The van der Waals surface area contributed by atoms with E-state index >= 15 is 0 Å². The van der Waals surface area contributed by atoms with Gasteiger partial charge >= 0.3 is 5.97 Å². The van der Waals surface area contributed by atoms with Crippen molar-refractivity contribution in [1.29, 1.82) is 0 Å². The van der Waals surface area contributed by atoms with Crippen molar-refractivity contribution in [2.75, 3.05) is 0 Å². The van der Waals surface area contributed by atoms with Crippen molar-refractivity contribution in [2.24, 2.45) is 0 Å². The number of hydrogen-bond acceptors (Lipinski definition) is 4. The van der Waals surface area contributed by atoms with E-state index in [-0.39, 0.29) is 5.97 Å². The molecule has 0 bridgehead atoms. The minimum atomic E-state index is -0.478. The van der Waals surface area contributed by atoms with Gasteiger partial charge in [-0.3, -0.25) is 9.78 Å². The molecule has 0 N–H and O–H groups in total. The number of benzene rings is 1. The summed E-state index contributed by atoms with van der Waals surface area (Å²) < 4.78 is 12.2. The van der Waals surface area contributed by atoms with E-state index in [0.717, 1.165) is 28.9 Å². The summed E-state index contributed by atoms with van der Waals surface area (Å²) in [7, 11) is 0. The van der Waals surface area contributed by atoms with Crippen LogP contribution in [0.1, 0.15) is 161 Å². The molecule has 40 heavy (non-hydrogen) atoms. The quantitative estimate of drug-likeness (QED) is 0.0993. The molecule has 0 spiro atoms. The van der Waals surface area contributed by atoms with E-state index in [2.05, 4.69) is 38.7 Å². The smallest absolute Gasteiger partial charge is 0.308 e.